The van der Waals surface area contributed by atoms with Crippen LogP contribution in [0.15, 0.2) is 23.3 Å². The number of nitrogens with one attached hydrogen (secondary N) is 3. The van der Waals surface area contributed by atoms with Crippen molar-refractivity contribution in [2.24, 2.45) is 4.99 Å². The van der Waals surface area contributed by atoms with Gasteiger partial charge in [0.1, 0.15) is 0 Å². The molecule has 1 fully saturated rings. The summed E-state index contributed by atoms with van der Waals surface area (Å²) in [5, 5.41) is 6.29. The minimum atomic E-state index is -3.19. The average Bonchev–Trinajstić information content (AvgIpc) is 2.98. The minimum Gasteiger partial charge on any atom is -0.355 e. The maximum Gasteiger partial charge on any atom is 0.208 e. The molecule has 0 saturated carbocycles. The zero-order valence-corrected chi connectivity index (χ0v) is 17.3. The van der Waals surface area contributed by atoms with Gasteiger partial charge in [0.05, 0.1) is 6.26 Å². The predicted octanol–water partition coefficient (Wildman–Crippen LogP) is 0.132. The van der Waals surface area contributed by atoms with Crippen molar-refractivity contribution in [3.8, 4) is 0 Å². The highest BCUT2D eigenvalue weighted by Crippen LogP contribution is 2.20. The Morgan fingerprint density at radius 2 is 2.24 bits per heavy atom. The minimum absolute atomic E-state index is 0. The summed E-state index contributed by atoms with van der Waals surface area (Å²) in [4.78, 5) is 10.1. The maximum absolute atomic E-state index is 13.8. The summed E-state index contributed by atoms with van der Waals surface area (Å²) >= 11 is 0. The molecule has 1 aromatic heterocycles. The molecule has 1 aliphatic rings. The lowest BCUT2D eigenvalue weighted by Gasteiger charge is -2.20. The van der Waals surface area contributed by atoms with Crippen LogP contribution in [0.2, 0.25) is 0 Å². The number of pyridine rings is 1. The largest absolute Gasteiger partial charge is 0.355 e. The maximum atomic E-state index is 13.8. The van der Waals surface area contributed by atoms with Gasteiger partial charge in [0, 0.05) is 45.5 Å². The Morgan fingerprint density at radius 1 is 1.48 bits per heavy atom. The van der Waals surface area contributed by atoms with Gasteiger partial charge in [-0.3, -0.25) is 4.99 Å². The summed E-state index contributed by atoms with van der Waals surface area (Å²) in [5.41, 5.74) is 0. The summed E-state index contributed by atoms with van der Waals surface area (Å²) in [6.07, 6.45) is 3.52. The molecule has 8 nitrogen and oxygen atoms in total. The van der Waals surface area contributed by atoms with E-state index in [1.807, 2.05) is 4.90 Å². The van der Waals surface area contributed by atoms with Gasteiger partial charge >= 0.3 is 0 Å². The van der Waals surface area contributed by atoms with Crippen LogP contribution in [-0.4, -0.2) is 64.9 Å². The van der Waals surface area contributed by atoms with E-state index in [9.17, 15) is 12.8 Å². The Bertz CT molecular complexity index is 688. The Labute approximate surface area is 164 Å². The number of guanidine groups is 1. The molecule has 25 heavy (non-hydrogen) atoms. The summed E-state index contributed by atoms with van der Waals surface area (Å²) in [7, 11) is -1.55. The molecule has 2 heterocycles. The molecule has 0 radical (unpaired) electrons. The Kier molecular flexibility index (Phi) is 8.79. The molecule has 0 spiro atoms. The molecule has 142 valence electrons. The average molecular weight is 486 g/mol. The van der Waals surface area contributed by atoms with E-state index in [1.54, 1.807) is 19.3 Å². The van der Waals surface area contributed by atoms with Crippen molar-refractivity contribution in [3.05, 3.63) is 24.1 Å². The van der Waals surface area contributed by atoms with E-state index in [2.05, 4.69) is 25.3 Å². The van der Waals surface area contributed by atoms with Crippen LogP contribution in [-0.2, 0) is 10.0 Å². The summed E-state index contributed by atoms with van der Waals surface area (Å²) in [6, 6.07) is 3.08. The molecule has 1 saturated heterocycles. The molecule has 1 atom stereocenters. The van der Waals surface area contributed by atoms with Crippen molar-refractivity contribution in [3.63, 3.8) is 0 Å². The van der Waals surface area contributed by atoms with Gasteiger partial charge in [0.15, 0.2) is 17.6 Å². The SMILES string of the molecule is CN=C(NCCNS(C)(=O)=O)NC1CCN(c2ncccc2F)C1.I. The molecule has 11 heteroatoms. The number of sulfonamides is 1. The normalized spacial score (nSPS) is 18.0. The molecule has 0 aliphatic carbocycles. The molecule has 1 aliphatic heterocycles. The predicted molar refractivity (Wildman–Crippen MR) is 108 cm³/mol. The van der Waals surface area contributed by atoms with Crippen molar-refractivity contribution in [1.29, 1.82) is 0 Å². The number of rotatable bonds is 6. The second kappa shape index (κ2) is 10.1. The summed E-state index contributed by atoms with van der Waals surface area (Å²) < 4.78 is 38.2. The highest BCUT2D eigenvalue weighted by atomic mass is 127. The number of aliphatic imine (C=N–C) groups is 1. The van der Waals surface area contributed by atoms with Gasteiger partial charge in [0.2, 0.25) is 10.0 Å². The second-order valence-corrected chi connectivity index (χ2v) is 7.38. The second-order valence-electron chi connectivity index (χ2n) is 5.55. The first-order chi connectivity index (χ1) is 11.4. The lowest BCUT2D eigenvalue weighted by molar-refractivity contribution is 0.585. The van der Waals surface area contributed by atoms with E-state index < -0.39 is 10.0 Å². The third kappa shape index (κ3) is 7.28. The third-order valence-electron chi connectivity index (χ3n) is 3.57. The lowest BCUT2D eigenvalue weighted by Crippen LogP contribution is -2.46. The highest BCUT2D eigenvalue weighted by Gasteiger charge is 2.25. The van der Waals surface area contributed by atoms with Crippen LogP contribution < -0.4 is 20.3 Å². The van der Waals surface area contributed by atoms with Crippen molar-refractivity contribution in [1.82, 2.24) is 20.3 Å². The van der Waals surface area contributed by atoms with Gasteiger partial charge in [-0.25, -0.2) is 22.5 Å². The van der Waals surface area contributed by atoms with Crippen LogP contribution in [0.4, 0.5) is 10.2 Å². The quantitative estimate of drug-likeness (QED) is 0.229. The van der Waals surface area contributed by atoms with E-state index in [1.165, 1.54) is 6.07 Å². The first kappa shape index (κ1) is 21.8. The van der Waals surface area contributed by atoms with E-state index in [0.29, 0.717) is 31.4 Å². The van der Waals surface area contributed by atoms with Gasteiger partial charge in [-0.2, -0.15) is 0 Å². The topological polar surface area (TPSA) is 98.7 Å². The molecular formula is C14H24FIN6O2S. The van der Waals surface area contributed by atoms with E-state index in [0.717, 1.165) is 12.7 Å². The van der Waals surface area contributed by atoms with E-state index >= 15 is 0 Å². The van der Waals surface area contributed by atoms with Crippen molar-refractivity contribution in [2.45, 2.75) is 12.5 Å². The lowest BCUT2D eigenvalue weighted by atomic mass is 10.3. The molecule has 3 N–H and O–H groups in total. The summed E-state index contributed by atoms with van der Waals surface area (Å²) in [5.74, 6) is 0.619. The molecular weight excluding hydrogens is 462 g/mol. The third-order valence-corrected chi connectivity index (χ3v) is 4.30. The van der Waals surface area contributed by atoms with E-state index in [4.69, 9.17) is 0 Å². The molecule has 1 aromatic rings. The number of halogens is 2. The van der Waals surface area contributed by atoms with Crippen molar-refractivity contribution < 1.29 is 12.8 Å². The number of anilines is 1. The van der Waals surface area contributed by atoms with Gasteiger partial charge in [-0.05, 0) is 18.6 Å². The fourth-order valence-corrected chi connectivity index (χ4v) is 2.96. The Balaban J connectivity index is 0.00000312. The molecule has 0 amide bonds. The zero-order valence-electron chi connectivity index (χ0n) is 14.2. The van der Waals surface area contributed by atoms with Crippen LogP contribution in [0.3, 0.4) is 0 Å². The monoisotopic (exact) mass is 486 g/mol. The number of aromatic nitrogens is 1. The summed E-state index contributed by atoms with van der Waals surface area (Å²) in [6.45, 7) is 2.02. The van der Waals surface area contributed by atoms with Crippen molar-refractivity contribution >= 4 is 45.8 Å². The van der Waals surface area contributed by atoms with Gasteiger partial charge in [-0.15, -0.1) is 24.0 Å². The Hall–Kier alpha value is -1.21. The first-order valence-electron chi connectivity index (χ1n) is 7.66. The molecule has 1 unspecified atom stereocenters. The number of hydrogen-bond donors (Lipinski definition) is 3. The van der Waals surface area contributed by atoms with Gasteiger partial charge < -0.3 is 15.5 Å². The molecule has 2 rings (SSSR count). The van der Waals surface area contributed by atoms with Gasteiger partial charge in [-0.1, -0.05) is 0 Å². The molecule has 0 aromatic carbocycles. The van der Waals surface area contributed by atoms with Gasteiger partial charge in [0.25, 0.3) is 0 Å². The fourth-order valence-electron chi connectivity index (χ4n) is 2.49. The van der Waals surface area contributed by atoms with Crippen LogP contribution in [0.5, 0.6) is 0 Å². The molecule has 0 bridgehead atoms. The Morgan fingerprint density at radius 3 is 2.88 bits per heavy atom. The van der Waals surface area contributed by atoms with Crippen LogP contribution >= 0.6 is 24.0 Å². The number of hydrogen-bond acceptors (Lipinski definition) is 5. The van der Waals surface area contributed by atoms with E-state index in [-0.39, 0.29) is 42.4 Å². The van der Waals surface area contributed by atoms with Crippen molar-refractivity contribution in [2.75, 3.05) is 44.4 Å². The first-order valence-corrected chi connectivity index (χ1v) is 9.55. The van der Waals surface area contributed by atoms with Crippen LogP contribution in [0, 0.1) is 5.82 Å². The number of nitrogens with zero attached hydrogens (tertiary/aromatic N) is 3. The highest BCUT2D eigenvalue weighted by molar-refractivity contribution is 14.0. The fraction of sp³-hybridized carbons (Fsp3) is 0.571. The smallest absolute Gasteiger partial charge is 0.208 e. The van der Waals surface area contributed by atoms with Crippen LogP contribution in [0.1, 0.15) is 6.42 Å². The standard InChI is InChI=1S/C14H23FN6O2S.HI/c1-16-14(18-7-8-19-24(2,22)23)20-11-5-9-21(10-11)13-12(15)4-3-6-17-13;/h3-4,6,11,19H,5,7-10H2,1-2H3,(H2,16,18,20);1H. The van der Waals surface area contributed by atoms with Crippen LogP contribution in [0.25, 0.3) is 0 Å². The zero-order chi connectivity index (χ0) is 17.6.